The van der Waals surface area contributed by atoms with Gasteiger partial charge in [0.2, 0.25) is 0 Å². The molecule has 0 radical (unpaired) electrons. The molecule has 5 atom stereocenters. The molecule has 0 bridgehead atoms. The van der Waals surface area contributed by atoms with Crippen LogP contribution in [0.2, 0.25) is 0 Å². The first-order valence-electron chi connectivity index (χ1n) is 38.2. The average molecular weight is 1380 g/mol. The number of hydrogen-bond acceptors (Lipinski definition) is 15. The van der Waals surface area contributed by atoms with E-state index in [-0.39, 0.29) is 25.7 Å². The van der Waals surface area contributed by atoms with Crippen LogP contribution in [0.25, 0.3) is 0 Å². The third kappa shape index (κ3) is 68.1. The molecule has 0 aliphatic heterocycles. The van der Waals surface area contributed by atoms with Crippen LogP contribution in [0.5, 0.6) is 0 Å². The van der Waals surface area contributed by atoms with Gasteiger partial charge in [-0.1, -0.05) is 304 Å². The lowest BCUT2D eigenvalue weighted by Crippen LogP contribution is -2.30. The molecule has 0 spiro atoms. The minimum Gasteiger partial charge on any atom is -0.462 e. The van der Waals surface area contributed by atoms with E-state index in [1.165, 1.54) is 154 Å². The predicted molar refractivity (Wildman–Crippen MR) is 381 cm³/mol. The summed E-state index contributed by atoms with van der Waals surface area (Å²) in [5, 5.41) is 10.6. The first-order chi connectivity index (χ1) is 45.2. The molecule has 0 aromatic carbocycles. The number of hydrogen-bond donors (Lipinski definition) is 3. The van der Waals surface area contributed by atoms with Crippen molar-refractivity contribution < 1.29 is 80.2 Å². The fraction of sp³-hybridized carbons (Fsp3) is 0.893. The van der Waals surface area contributed by atoms with E-state index in [4.69, 9.17) is 37.0 Å². The maximum atomic E-state index is 13.1. The largest absolute Gasteiger partial charge is 0.472 e. The van der Waals surface area contributed by atoms with Crippen molar-refractivity contribution in [2.24, 2.45) is 17.8 Å². The zero-order valence-electron chi connectivity index (χ0n) is 60.9. The summed E-state index contributed by atoms with van der Waals surface area (Å²) in [4.78, 5) is 72.8. The Morgan fingerprint density at radius 1 is 0.330 bits per heavy atom. The summed E-state index contributed by atoms with van der Waals surface area (Å²) in [6.45, 7) is 11.8. The summed E-state index contributed by atoms with van der Waals surface area (Å²) >= 11 is 0. The van der Waals surface area contributed by atoms with Crippen LogP contribution >= 0.6 is 15.6 Å². The number of ether oxygens (including phenoxy) is 4. The van der Waals surface area contributed by atoms with E-state index in [0.717, 1.165) is 120 Å². The normalized spacial score (nSPS) is 14.3. The monoisotopic (exact) mass is 1380 g/mol. The molecule has 554 valence electrons. The summed E-state index contributed by atoms with van der Waals surface area (Å²) in [5.74, 6) is 0.114. The lowest BCUT2D eigenvalue weighted by atomic mass is 10.0. The van der Waals surface area contributed by atoms with Gasteiger partial charge in [0.1, 0.15) is 19.3 Å². The van der Waals surface area contributed by atoms with Gasteiger partial charge in [-0.2, -0.15) is 0 Å². The van der Waals surface area contributed by atoms with Gasteiger partial charge in [0.05, 0.1) is 26.4 Å². The number of carbonyl (C=O) groups excluding carboxylic acids is 4. The molecular formula is C75H142O17P2. The van der Waals surface area contributed by atoms with Gasteiger partial charge in [-0.05, 0) is 69.1 Å². The minimum absolute atomic E-state index is 0.0845. The smallest absolute Gasteiger partial charge is 0.462 e. The number of phosphoric ester groups is 2. The molecule has 0 aromatic rings. The molecule has 0 heterocycles. The Kier molecular flexibility index (Phi) is 63.5. The molecule has 2 unspecified atom stereocenters. The standard InChI is InChI=1S/C75H142O17P2/c1-8-9-10-11-12-13-14-15-16-17-18-30-37-44-51-58-74(79)91-70(62-85-72(77)56-49-42-35-28-22-19-25-32-39-46-53-66(2)3)64-89-93(81,82)87-60-69(76)61-88-94(83,84)90-65-71(92-75(80)59-52-45-38-31-24-21-27-34-41-48-55-68(6)7)63-86-73(78)57-50-43-36-29-23-20-26-33-40-47-54-67(4)5/h13-16,66-71,76H,8-12,17-65H2,1-7H3,(H,81,82)(H,83,84)/b14-13-,16-15-/t69-,70-,71-/m1/s1. The predicted octanol–water partition coefficient (Wildman–Crippen LogP) is 21.3. The van der Waals surface area contributed by atoms with E-state index in [0.29, 0.717) is 25.7 Å². The topological polar surface area (TPSA) is 237 Å². The lowest BCUT2D eigenvalue weighted by Gasteiger charge is -2.21. The third-order valence-corrected chi connectivity index (χ3v) is 18.7. The molecule has 19 heteroatoms. The van der Waals surface area contributed by atoms with Crippen molar-refractivity contribution in [3.63, 3.8) is 0 Å². The highest BCUT2D eigenvalue weighted by molar-refractivity contribution is 7.47. The van der Waals surface area contributed by atoms with Crippen molar-refractivity contribution in [1.82, 2.24) is 0 Å². The van der Waals surface area contributed by atoms with Crippen LogP contribution in [0, 0.1) is 17.8 Å². The number of unbranched alkanes of at least 4 members (excludes halogenated alkanes) is 36. The number of phosphoric acid groups is 2. The van der Waals surface area contributed by atoms with Gasteiger partial charge in [0, 0.05) is 25.7 Å². The van der Waals surface area contributed by atoms with E-state index in [9.17, 15) is 43.2 Å². The van der Waals surface area contributed by atoms with Crippen molar-refractivity contribution in [2.45, 2.75) is 375 Å². The van der Waals surface area contributed by atoms with E-state index in [1.807, 2.05) is 0 Å². The number of aliphatic hydroxyl groups is 1. The van der Waals surface area contributed by atoms with Gasteiger partial charge in [-0.15, -0.1) is 0 Å². The van der Waals surface area contributed by atoms with Crippen molar-refractivity contribution in [3.8, 4) is 0 Å². The van der Waals surface area contributed by atoms with E-state index < -0.39 is 97.5 Å². The summed E-state index contributed by atoms with van der Waals surface area (Å²) < 4.78 is 68.5. The van der Waals surface area contributed by atoms with Crippen LogP contribution in [0.3, 0.4) is 0 Å². The number of esters is 4. The highest BCUT2D eigenvalue weighted by Gasteiger charge is 2.30. The van der Waals surface area contributed by atoms with Gasteiger partial charge >= 0.3 is 39.5 Å². The highest BCUT2D eigenvalue weighted by Crippen LogP contribution is 2.45. The summed E-state index contributed by atoms with van der Waals surface area (Å²) in [6, 6.07) is 0. The Bertz CT molecular complexity index is 1930. The maximum absolute atomic E-state index is 13.1. The molecule has 0 saturated heterocycles. The molecule has 17 nitrogen and oxygen atoms in total. The van der Waals surface area contributed by atoms with Crippen LogP contribution in [0.15, 0.2) is 24.3 Å². The quantitative estimate of drug-likeness (QED) is 0.0169. The second-order valence-corrected chi connectivity index (χ2v) is 30.7. The first-order valence-corrected chi connectivity index (χ1v) is 41.2. The number of aliphatic hydroxyl groups excluding tert-OH is 1. The molecule has 0 rings (SSSR count). The Labute approximate surface area is 573 Å². The summed E-state index contributed by atoms with van der Waals surface area (Å²) in [6.07, 6.45) is 53.5. The summed E-state index contributed by atoms with van der Waals surface area (Å²) in [7, 11) is -9.92. The molecule has 0 aromatic heterocycles. The number of rotatable bonds is 71. The molecule has 0 amide bonds. The van der Waals surface area contributed by atoms with Gasteiger partial charge in [0.25, 0.3) is 0 Å². The van der Waals surface area contributed by atoms with Crippen molar-refractivity contribution in [3.05, 3.63) is 24.3 Å². The van der Waals surface area contributed by atoms with Crippen LogP contribution in [0.1, 0.15) is 357 Å². The zero-order valence-corrected chi connectivity index (χ0v) is 62.7. The molecule has 0 aliphatic carbocycles. The molecule has 0 fully saturated rings. The van der Waals surface area contributed by atoms with Crippen molar-refractivity contribution >= 4 is 39.5 Å². The highest BCUT2D eigenvalue weighted by atomic mass is 31.2. The van der Waals surface area contributed by atoms with Crippen molar-refractivity contribution in [2.75, 3.05) is 39.6 Å². The van der Waals surface area contributed by atoms with Crippen LogP contribution in [-0.4, -0.2) is 96.7 Å². The molecular weight excluding hydrogens is 1230 g/mol. The first kappa shape index (κ1) is 91.5. The van der Waals surface area contributed by atoms with Gasteiger partial charge < -0.3 is 33.8 Å². The Morgan fingerprint density at radius 3 is 0.862 bits per heavy atom. The summed E-state index contributed by atoms with van der Waals surface area (Å²) in [5.41, 5.74) is 0. The van der Waals surface area contributed by atoms with Gasteiger partial charge in [-0.3, -0.25) is 37.3 Å². The fourth-order valence-corrected chi connectivity index (χ4v) is 12.5. The molecule has 3 N–H and O–H groups in total. The number of carbonyl (C=O) groups is 4. The molecule has 0 aliphatic rings. The third-order valence-electron chi connectivity index (χ3n) is 16.8. The van der Waals surface area contributed by atoms with Crippen LogP contribution in [0.4, 0.5) is 0 Å². The minimum atomic E-state index is -4.96. The Hall–Kier alpha value is -2.46. The maximum Gasteiger partial charge on any atom is 0.472 e. The van der Waals surface area contributed by atoms with E-state index in [1.54, 1.807) is 0 Å². The Morgan fingerprint density at radius 2 is 0.574 bits per heavy atom. The molecule has 0 saturated carbocycles. The second-order valence-electron chi connectivity index (χ2n) is 27.8. The van der Waals surface area contributed by atoms with Crippen LogP contribution in [-0.2, 0) is 65.4 Å². The molecule has 94 heavy (non-hydrogen) atoms. The average Bonchev–Trinajstić information content (AvgIpc) is 1.19. The van der Waals surface area contributed by atoms with Crippen LogP contribution < -0.4 is 0 Å². The fourth-order valence-electron chi connectivity index (χ4n) is 10.9. The van der Waals surface area contributed by atoms with Crippen molar-refractivity contribution in [1.29, 1.82) is 0 Å². The van der Waals surface area contributed by atoms with Gasteiger partial charge in [-0.25, -0.2) is 9.13 Å². The van der Waals surface area contributed by atoms with E-state index >= 15 is 0 Å². The number of allylic oxidation sites excluding steroid dienone is 4. The Balaban J connectivity index is 5.31. The zero-order chi connectivity index (χ0) is 69.4. The van der Waals surface area contributed by atoms with Gasteiger partial charge in [0.15, 0.2) is 12.2 Å². The second kappa shape index (κ2) is 65.2. The SMILES string of the molecule is CCCCCC/C=C\C=C/CCCCCCCC(=O)O[C@H](COC(=O)CCCCCCCCCCCCC(C)C)COP(=O)(O)OC[C@@H](O)COP(=O)(O)OC[C@@H](COC(=O)CCCCCCCCCCCCC(C)C)OC(=O)CCCCCCCCCCCCC(C)C. The van der Waals surface area contributed by atoms with E-state index in [2.05, 4.69) is 72.8 Å². The lowest BCUT2D eigenvalue weighted by molar-refractivity contribution is -0.161.